The molecule has 0 bridgehead atoms. The Morgan fingerprint density at radius 2 is 1.75 bits per heavy atom. The Labute approximate surface area is 188 Å². The predicted octanol–water partition coefficient (Wildman–Crippen LogP) is 5.81. The summed E-state index contributed by atoms with van der Waals surface area (Å²) in [7, 11) is 1.63. The van der Waals surface area contributed by atoms with Crippen molar-refractivity contribution in [1.82, 2.24) is 10.1 Å². The average molecular weight is 442 g/mol. The quantitative estimate of drug-likeness (QED) is 0.333. The van der Waals surface area contributed by atoms with Crippen LogP contribution >= 0.6 is 11.3 Å². The summed E-state index contributed by atoms with van der Waals surface area (Å²) >= 11 is 1.44. The number of aromatic nitrogens is 2. The van der Waals surface area contributed by atoms with E-state index >= 15 is 0 Å². The maximum atomic E-state index is 13.5. The lowest BCUT2D eigenvalue weighted by Gasteiger charge is -2.18. The van der Waals surface area contributed by atoms with Crippen molar-refractivity contribution in [1.29, 1.82) is 0 Å². The lowest BCUT2D eigenvalue weighted by Crippen LogP contribution is -2.30. The van der Waals surface area contributed by atoms with E-state index in [0.29, 0.717) is 17.4 Å². The van der Waals surface area contributed by atoms with Crippen LogP contribution in [-0.2, 0) is 6.54 Å². The summed E-state index contributed by atoms with van der Waals surface area (Å²) in [6.07, 6.45) is 0. The number of methoxy groups -OCH3 is 1. The van der Waals surface area contributed by atoms with Gasteiger partial charge in [0.1, 0.15) is 5.75 Å². The first-order valence-electron chi connectivity index (χ1n) is 10.0. The summed E-state index contributed by atoms with van der Waals surface area (Å²) in [6.45, 7) is 0.365. The summed E-state index contributed by atoms with van der Waals surface area (Å²) in [5, 5.41) is 4.64. The smallest absolute Gasteiger partial charge is 0.282 e. The molecule has 0 aliphatic heterocycles. The van der Waals surface area contributed by atoms with Gasteiger partial charge in [0.25, 0.3) is 5.91 Å². The molecular formula is C25H19N3O3S. The van der Waals surface area contributed by atoms with Crippen LogP contribution in [0.5, 0.6) is 5.75 Å². The number of carbonyl (C=O) groups is 1. The first-order chi connectivity index (χ1) is 15.7. The monoisotopic (exact) mass is 441 g/mol. The van der Waals surface area contributed by atoms with E-state index in [2.05, 4.69) is 5.16 Å². The molecule has 2 aromatic heterocycles. The molecule has 0 aliphatic carbocycles. The van der Waals surface area contributed by atoms with E-state index in [9.17, 15) is 4.79 Å². The third-order valence-electron chi connectivity index (χ3n) is 5.03. The van der Waals surface area contributed by atoms with Crippen LogP contribution in [0.1, 0.15) is 16.1 Å². The van der Waals surface area contributed by atoms with Crippen molar-refractivity contribution in [2.75, 3.05) is 12.0 Å². The minimum absolute atomic E-state index is 0.233. The highest BCUT2D eigenvalue weighted by atomic mass is 32.1. The molecule has 158 valence electrons. The largest absolute Gasteiger partial charge is 0.497 e. The van der Waals surface area contributed by atoms with Crippen molar-refractivity contribution >= 4 is 32.6 Å². The maximum absolute atomic E-state index is 13.5. The van der Waals surface area contributed by atoms with Crippen LogP contribution in [0.2, 0.25) is 0 Å². The highest BCUT2D eigenvalue weighted by molar-refractivity contribution is 7.22. The molecule has 0 atom stereocenters. The minimum Gasteiger partial charge on any atom is -0.497 e. The average Bonchev–Trinajstić information content (AvgIpc) is 3.50. The molecular weight excluding hydrogens is 422 g/mol. The molecule has 32 heavy (non-hydrogen) atoms. The van der Waals surface area contributed by atoms with Gasteiger partial charge in [-0.25, -0.2) is 4.98 Å². The molecule has 2 heterocycles. The van der Waals surface area contributed by atoms with Crippen molar-refractivity contribution < 1.29 is 14.1 Å². The van der Waals surface area contributed by atoms with Crippen molar-refractivity contribution in [2.45, 2.75) is 6.54 Å². The second-order valence-electron chi connectivity index (χ2n) is 7.15. The lowest BCUT2D eigenvalue weighted by atomic mass is 10.1. The third kappa shape index (κ3) is 3.98. The van der Waals surface area contributed by atoms with Crippen molar-refractivity contribution in [2.24, 2.45) is 0 Å². The number of rotatable bonds is 6. The van der Waals surface area contributed by atoms with Crippen LogP contribution in [0.4, 0.5) is 5.13 Å². The lowest BCUT2D eigenvalue weighted by molar-refractivity contribution is 0.0976. The molecule has 7 heteroatoms. The Hall–Kier alpha value is -3.97. The van der Waals surface area contributed by atoms with Crippen molar-refractivity contribution in [3.05, 3.63) is 96.2 Å². The molecule has 0 unspecified atom stereocenters. The molecule has 0 saturated heterocycles. The van der Waals surface area contributed by atoms with Gasteiger partial charge in [-0.3, -0.25) is 9.69 Å². The van der Waals surface area contributed by atoms with Crippen LogP contribution in [0.25, 0.3) is 21.5 Å². The fraction of sp³-hybridized carbons (Fsp3) is 0.0800. The number of hydrogen-bond acceptors (Lipinski definition) is 6. The van der Waals surface area contributed by atoms with E-state index in [1.165, 1.54) is 11.3 Å². The summed E-state index contributed by atoms with van der Waals surface area (Å²) in [5.41, 5.74) is 2.89. The minimum atomic E-state index is -0.272. The standard InChI is InChI=1S/C25H19N3O3S/c1-30-19-12-13-20-23(14-19)32-25(26-20)28(16-17-8-4-2-5-9-17)24(29)21-15-22(31-27-21)18-10-6-3-7-11-18/h2-15H,16H2,1H3. The summed E-state index contributed by atoms with van der Waals surface area (Å²) in [4.78, 5) is 19.9. The molecule has 0 aliphatic rings. The van der Waals surface area contributed by atoms with E-state index < -0.39 is 0 Å². The number of amides is 1. The molecule has 0 radical (unpaired) electrons. The van der Waals surface area contributed by atoms with Crippen molar-refractivity contribution in [3.63, 3.8) is 0 Å². The molecule has 0 spiro atoms. The molecule has 0 fully saturated rings. The number of benzene rings is 3. The SMILES string of the molecule is COc1ccc2nc(N(Cc3ccccc3)C(=O)c3cc(-c4ccccc4)on3)sc2c1. The molecule has 0 saturated carbocycles. The molecule has 5 aromatic rings. The topological polar surface area (TPSA) is 68.5 Å². The zero-order chi connectivity index (χ0) is 21.9. The predicted molar refractivity (Wildman–Crippen MR) is 125 cm³/mol. The Morgan fingerprint density at radius 3 is 2.50 bits per heavy atom. The van der Waals surface area contributed by atoms with Gasteiger partial charge in [0, 0.05) is 11.6 Å². The number of ether oxygens (including phenoxy) is 1. The molecule has 0 N–H and O–H groups in total. The Kier molecular flexibility index (Phi) is 5.39. The van der Waals surface area contributed by atoms with Gasteiger partial charge in [0.15, 0.2) is 16.6 Å². The fourth-order valence-corrected chi connectivity index (χ4v) is 4.37. The number of thiazole rings is 1. The van der Waals surface area contributed by atoms with Gasteiger partial charge in [0.05, 0.1) is 23.9 Å². The van der Waals surface area contributed by atoms with Gasteiger partial charge in [-0.15, -0.1) is 0 Å². The Bertz CT molecular complexity index is 1360. The van der Waals surface area contributed by atoms with E-state index in [1.54, 1.807) is 18.1 Å². The molecule has 5 rings (SSSR count). The Morgan fingerprint density at radius 1 is 1.00 bits per heavy atom. The van der Waals surface area contributed by atoms with E-state index in [0.717, 1.165) is 27.1 Å². The van der Waals surface area contributed by atoms with E-state index in [4.69, 9.17) is 14.2 Å². The number of carbonyl (C=O) groups excluding carboxylic acids is 1. The second kappa shape index (κ2) is 8.64. The van der Waals surface area contributed by atoms with Gasteiger partial charge in [-0.1, -0.05) is 77.2 Å². The van der Waals surface area contributed by atoms with E-state index in [-0.39, 0.29) is 11.6 Å². The molecule has 6 nitrogen and oxygen atoms in total. The second-order valence-corrected chi connectivity index (χ2v) is 8.16. The fourth-order valence-electron chi connectivity index (χ4n) is 3.38. The van der Waals surface area contributed by atoms with Gasteiger partial charge < -0.3 is 9.26 Å². The van der Waals surface area contributed by atoms with Gasteiger partial charge in [-0.2, -0.15) is 0 Å². The third-order valence-corrected chi connectivity index (χ3v) is 6.07. The van der Waals surface area contributed by atoms with Crippen LogP contribution < -0.4 is 9.64 Å². The maximum Gasteiger partial charge on any atom is 0.282 e. The summed E-state index contributed by atoms with van der Waals surface area (Å²) in [5.74, 6) is 1.02. The molecule has 3 aromatic carbocycles. The van der Waals surface area contributed by atoms with Gasteiger partial charge in [0.2, 0.25) is 0 Å². The van der Waals surface area contributed by atoms with Gasteiger partial charge >= 0.3 is 0 Å². The van der Waals surface area contributed by atoms with Crippen molar-refractivity contribution in [3.8, 4) is 17.1 Å². The molecule has 1 amide bonds. The number of anilines is 1. The number of nitrogens with zero attached hydrogens (tertiary/aromatic N) is 3. The Balaban J connectivity index is 1.53. The van der Waals surface area contributed by atoms with Gasteiger partial charge in [-0.05, 0) is 23.8 Å². The van der Waals surface area contributed by atoms with Crippen LogP contribution in [-0.4, -0.2) is 23.2 Å². The highest BCUT2D eigenvalue weighted by Gasteiger charge is 2.25. The van der Waals surface area contributed by atoms with Crippen LogP contribution in [0.3, 0.4) is 0 Å². The zero-order valence-corrected chi connectivity index (χ0v) is 18.1. The zero-order valence-electron chi connectivity index (χ0n) is 17.3. The van der Waals surface area contributed by atoms with Crippen LogP contribution in [0, 0.1) is 0 Å². The first-order valence-corrected chi connectivity index (χ1v) is 10.9. The van der Waals surface area contributed by atoms with E-state index in [1.807, 2.05) is 78.9 Å². The first kappa shape index (κ1) is 20.0. The number of hydrogen-bond donors (Lipinski definition) is 0. The number of fused-ring (bicyclic) bond motifs is 1. The normalized spacial score (nSPS) is 10.9. The highest BCUT2D eigenvalue weighted by Crippen LogP contribution is 2.33. The summed E-state index contributed by atoms with van der Waals surface area (Å²) < 4.78 is 11.7. The summed E-state index contributed by atoms with van der Waals surface area (Å²) in [6, 6.07) is 26.7. The van der Waals surface area contributed by atoms with Crippen LogP contribution in [0.15, 0.2) is 89.5 Å².